The van der Waals surface area contributed by atoms with Gasteiger partial charge in [0.2, 0.25) is 0 Å². The van der Waals surface area contributed by atoms with Gasteiger partial charge in [0.15, 0.2) is 0 Å². The van der Waals surface area contributed by atoms with Crippen molar-refractivity contribution in [1.82, 2.24) is 14.9 Å². The molecule has 1 aliphatic carbocycles. The summed E-state index contributed by atoms with van der Waals surface area (Å²) >= 11 is 1.51. The number of hydrogen-bond donors (Lipinski definition) is 0. The molecule has 2 aromatic heterocycles. The number of likely N-dealkylation sites (tertiary alicyclic amines) is 1. The van der Waals surface area contributed by atoms with Crippen molar-refractivity contribution in [3.63, 3.8) is 0 Å². The molecule has 2 fully saturated rings. The topological polar surface area (TPSA) is 70.8 Å². The number of nitrogens with zero attached hydrogens (tertiary/aromatic N) is 5. The molecule has 0 N–H and O–H groups in total. The number of piperidine rings is 1. The molecule has 3 unspecified atom stereocenters. The number of thiazole rings is 1. The zero-order valence-corrected chi connectivity index (χ0v) is 18.1. The van der Waals surface area contributed by atoms with E-state index in [1.165, 1.54) is 16.9 Å². The molecule has 1 saturated heterocycles. The molecule has 6 nitrogen and oxygen atoms in total. The summed E-state index contributed by atoms with van der Waals surface area (Å²) in [6.45, 7) is 12.7. The molecule has 3 heterocycles. The fourth-order valence-corrected chi connectivity index (χ4v) is 4.76. The molecule has 2 aromatic rings. The SMILES string of the molecule is C=NC(/C=C\C)=NCC1CC2C(=C)C2CN1C(=O)c1nc(C)ccc1-c1nccs1. The monoisotopic (exact) mass is 419 g/mol. The number of carbonyl (C=O) groups excluding carboxylic acids is 1. The Balaban J connectivity index is 1.66. The van der Waals surface area contributed by atoms with Crippen LogP contribution in [0.25, 0.3) is 10.6 Å². The van der Waals surface area contributed by atoms with E-state index in [-0.39, 0.29) is 11.9 Å². The first-order valence-electron chi connectivity index (χ1n) is 10.0. The van der Waals surface area contributed by atoms with Gasteiger partial charge in [0.1, 0.15) is 16.5 Å². The molecule has 1 aliphatic heterocycles. The van der Waals surface area contributed by atoms with Crippen LogP contribution in [0.1, 0.15) is 29.5 Å². The number of hydrogen-bond acceptors (Lipinski definition) is 5. The summed E-state index contributed by atoms with van der Waals surface area (Å²) in [5, 5.41) is 2.71. The molecule has 154 valence electrons. The summed E-state index contributed by atoms with van der Waals surface area (Å²) < 4.78 is 0. The van der Waals surface area contributed by atoms with Crippen molar-refractivity contribution in [3.05, 3.63) is 59.4 Å². The lowest BCUT2D eigenvalue weighted by atomic mass is 10.0. The van der Waals surface area contributed by atoms with Crippen LogP contribution >= 0.6 is 11.3 Å². The Bertz CT molecular complexity index is 1040. The Morgan fingerprint density at radius 3 is 2.93 bits per heavy atom. The zero-order chi connectivity index (χ0) is 21.3. The number of aliphatic imine (C=N–C) groups is 2. The van der Waals surface area contributed by atoms with Crippen LogP contribution in [0.5, 0.6) is 0 Å². The van der Waals surface area contributed by atoms with Gasteiger partial charge in [0, 0.05) is 35.3 Å². The summed E-state index contributed by atoms with van der Waals surface area (Å²) in [6, 6.07) is 3.84. The van der Waals surface area contributed by atoms with Gasteiger partial charge in [-0.2, -0.15) is 0 Å². The Hall–Kier alpha value is -2.93. The molecule has 0 spiro atoms. The first kappa shape index (κ1) is 20.3. The van der Waals surface area contributed by atoms with Crippen molar-refractivity contribution in [2.24, 2.45) is 21.8 Å². The predicted octanol–water partition coefficient (Wildman–Crippen LogP) is 4.21. The smallest absolute Gasteiger partial charge is 0.273 e. The van der Waals surface area contributed by atoms with E-state index in [1.807, 2.05) is 48.4 Å². The second-order valence-electron chi connectivity index (χ2n) is 7.68. The zero-order valence-electron chi connectivity index (χ0n) is 17.3. The van der Waals surface area contributed by atoms with Crippen LogP contribution in [0.15, 0.2) is 58.0 Å². The number of aromatic nitrogens is 2. The maximum atomic E-state index is 13.7. The van der Waals surface area contributed by atoms with E-state index in [0.717, 1.165) is 22.7 Å². The highest BCUT2D eigenvalue weighted by Gasteiger charge is 2.50. The van der Waals surface area contributed by atoms with Crippen molar-refractivity contribution >= 4 is 29.8 Å². The Labute approximate surface area is 180 Å². The molecule has 7 heteroatoms. The molecule has 1 amide bonds. The fraction of sp³-hybridized carbons (Fsp3) is 0.348. The van der Waals surface area contributed by atoms with Crippen LogP contribution in [0.2, 0.25) is 0 Å². The average molecular weight is 420 g/mol. The maximum absolute atomic E-state index is 13.7. The molecular formula is C23H25N5OS. The van der Waals surface area contributed by atoms with Crippen LogP contribution in [-0.2, 0) is 0 Å². The van der Waals surface area contributed by atoms with Gasteiger partial charge in [-0.05, 0) is 51.1 Å². The predicted molar refractivity (Wildman–Crippen MR) is 122 cm³/mol. The molecule has 0 radical (unpaired) electrons. The highest BCUT2D eigenvalue weighted by molar-refractivity contribution is 7.13. The van der Waals surface area contributed by atoms with Gasteiger partial charge in [-0.1, -0.05) is 18.2 Å². The first-order valence-corrected chi connectivity index (χ1v) is 10.9. The summed E-state index contributed by atoms with van der Waals surface area (Å²) in [5.74, 6) is 1.38. The Morgan fingerprint density at radius 1 is 1.40 bits per heavy atom. The van der Waals surface area contributed by atoms with Gasteiger partial charge in [-0.25, -0.2) is 15.0 Å². The lowest BCUT2D eigenvalue weighted by Gasteiger charge is -2.34. The highest BCUT2D eigenvalue weighted by Crippen LogP contribution is 2.52. The molecule has 4 rings (SSSR count). The summed E-state index contributed by atoms with van der Waals surface area (Å²) in [7, 11) is 0. The number of amidine groups is 1. The van der Waals surface area contributed by atoms with Crippen molar-refractivity contribution in [2.75, 3.05) is 13.1 Å². The summed E-state index contributed by atoms with van der Waals surface area (Å²) in [6.07, 6.45) is 6.32. The van der Waals surface area contributed by atoms with Crippen molar-refractivity contribution < 1.29 is 4.79 Å². The largest absolute Gasteiger partial charge is 0.332 e. The molecule has 0 aromatic carbocycles. The second-order valence-corrected chi connectivity index (χ2v) is 8.57. The van der Waals surface area contributed by atoms with Crippen molar-refractivity contribution in [3.8, 4) is 10.6 Å². The van der Waals surface area contributed by atoms with Gasteiger partial charge in [0.25, 0.3) is 5.91 Å². The Kier molecular flexibility index (Phi) is 5.72. The third-order valence-corrected chi connectivity index (χ3v) is 6.60. The molecule has 1 saturated carbocycles. The van der Waals surface area contributed by atoms with Crippen LogP contribution < -0.4 is 0 Å². The van der Waals surface area contributed by atoms with E-state index in [0.29, 0.717) is 36.5 Å². The minimum absolute atomic E-state index is 0.0218. The van der Waals surface area contributed by atoms with Crippen molar-refractivity contribution in [1.29, 1.82) is 0 Å². The number of allylic oxidation sites excluding steroid dienone is 1. The van der Waals surface area contributed by atoms with E-state index in [1.54, 1.807) is 6.20 Å². The number of fused-ring (bicyclic) bond motifs is 1. The summed E-state index contributed by atoms with van der Waals surface area (Å²) in [4.78, 5) is 33.2. The van der Waals surface area contributed by atoms with E-state index in [2.05, 4.69) is 33.2 Å². The van der Waals surface area contributed by atoms with Crippen LogP contribution in [0, 0.1) is 18.8 Å². The number of aryl methyl sites for hydroxylation is 1. The van der Waals surface area contributed by atoms with Crippen LogP contribution in [0.4, 0.5) is 0 Å². The number of pyridine rings is 1. The molecule has 3 atom stereocenters. The standard InChI is InChI=1S/C23H25N5OS/c1-5-6-20(24-4)26-12-16-11-18-15(3)19(18)13-28(16)23(29)21-17(8-7-14(2)27-21)22-25-9-10-30-22/h5-10,16,18-19H,3-4,11-13H2,1-2H3/b6-5-,26-20?. The minimum Gasteiger partial charge on any atom is -0.332 e. The van der Waals surface area contributed by atoms with Gasteiger partial charge < -0.3 is 4.90 Å². The van der Waals surface area contributed by atoms with E-state index in [9.17, 15) is 4.79 Å². The fourth-order valence-electron chi connectivity index (χ4n) is 4.10. The quantitative estimate of drug-likeness (QED) is 0.414. The molecule has 30 heavy (non-hydrogen) atoms. The van der Waals surface area contributed by atoms with E-state index < -0.39 is 0 Å². The minimum atomic E-state index is -0.0682. The third-order valence-electron chi connectivity index (χ3n) is 5.79. The van der Waals surface area contributed by atoms with Crippen molar-refractivity contribution in [2.45, 2.75) is 26.3 Å². The van der Waals surface area contributed by atoms with Gasteiger partial charge in [0.05, 0.1) is 12.6 Å². The lowest BCUT2D eigenvalue weighted by molar-refractivity contribution is 0.0606. The molecule has 2 aliphatic rings. The molecule has 0 bridgehead atoms. The summed E-state index contributed by atoms with van der Waals surface area (Å²) in [5.41, 5.74) is 3.29. The van der Waals surface area contributed by atoms with Gasteiger partial charge in [-0.15, -0.1) is 11.3 Å². The Morgan fingerprint density at radius 2 is 2.23 bits per heavy atom. The number of rotatable bonds is 5. The normalized spacial score (nSPS) is 23.5. The van der Waals surface area contributed by atoms with Crippen LogP contribution in [-0.4, -0.2) is 52.5 Å². The lowest BCUT2D eigenvalue weighted by Crippen LogP contribution is -2.47. The maximum Gasteiger partial charge on any atom is 0.273 e. The third kappa shape index (κ3) is 3.89. The number of amides is 1. The van der Waals surface area contributed by atoms with E-state index >= 15 is 0 Å². The van der Waals surface area contributed by atoms with Gasteiger partial charge in [-0.3, -0.25) is 9.79 Å². The first-order chi connectivity index (χ1) is 14.5. The van der Waals surface area contributed by atoms with Crippen LogP contribution in [0.3, 0.4) is 0 Å². The second kappa shape index (κ2) is 8.44. The highest BCUT2D eigenvalue weighted by atomic mass is 32.1. The number of carbonyl (C=O) groups is 1. The molecular weight excluding hydrogens is 394 g/mol. The van der Waals surface area contributed by atoms with Gasteiger partial charge >= 0.3 is 0 Å². The average Bonchev–Trinajstić information content (AvgIpc) is 3.14. The van der Waals surface area contributed by atoms with E-state index in [4.69, 9.17) is 0 Å².